The van der Waals surface area contributed by atoms with Gasteiger partial charge < -0.3 is 9.64 Å². The average Bonchev–Trinajstić information content (AvgIpc) is 2.49. The third kappa shape index (κ3) is 3.26. The Morgan fingerprint density at radius 1 is 1.67 bits per heavy atom. The normalized spacial score (nSPS) is 24.5. The SMILES string of the molecule is CCSCC1CN(C(=O)CCl)C(C)(C)O1. The molecule has 1 aliphatic rings. The molecule has 1 aliphatic heterocycles. The van der Waals surface area contributed by atoms with Crippen LogP contribution < -0.4 is 0 Å². The van der Waals surface area contributed by atoms with Crippen molar-refractivity contribution in [2.45, 2.75) is 32.6 Å². The second-order valence-corrected chi connectivity index (χ2v) is 5.57. The Bertz CT molecular complexity index is 235. The van der Waals surface area contributed by atoms with Gasteiger partial charge in [0.15, 0.2) is 0 Å². The van der Waals surface area contributed by atoms with Gasteiger partial charge in [0.05, 0.1) is 12.6 Å². The summed E-state index contributed by atoms with van der Waals surface area (Å²) in [5.74, 6) is 1.99. The fourth-order valence-corrected chi connectivity index (χ4v) is 2.56. The molecule has 1 atom stereocenters. The van der Waals surface area contributed by atoms with Gasteiger partial charge in [-0.25, -0.2) is 0 Å². The van der Waals surface area contributed by atoms with E-state index in [4.69, 9.17) is 16.3 Å². The molecular weight excluding hydrogens is 234 g/mol. The van der Waals surface area contributed by atoms with Gasteiger partial charge in [0.1, 0.15) is 11.6 Å². The topological polar surface area (TPSA) is 29.5 Å². The summed E-state index contributed by atoms with van der Waals surface area (Å²) in [7, 11) is 0. The Morgan fingerprint density at radius 2 is 2.33 bits per heavy atom. The summed E-state index contributed by atoms with van der Waals surface area (Å²) in [4.78, 5) is 13.3. The van der Waals surface area contributed by atoms with E-state index in [-0.39, 0.29) is 17.9 Å². The van der Waals surface area contributed by atoms with Gasteiger partial charge in [-0.2, -0.15) is 11.8 Å². The number of rotatable bonds is 4. The first-order chi connectivity index (χ1) is 7.01. The predicted molar refractivity (Wildman–Crippen MR) is 64.4 cm³/mol. The third-order valence-corrected chi connectivity index (χ3v) is 3.66. The quantitative estimate of drug-likeness (QED) is 0.716. The minimum absolute atomic E-state index is 0.0282. The molecule has 1 heterocycles. The van der Waals surface area contributed by atoms with E-state index in [1.54, 1.807) is 4.90 Å². The van der Waals surface area contributed by atoms with E-state index in [0.29, 0.717) is 6.54 Å². The maximum atomic E-state index is 11.6. The molecule has 1 amide bonds. The summed E-state index contributed by atoms with van der Waals surface area (Å²) in [6.45, 7) is 6.60. The van der Waals surface area contributed by atoms with Crippen molar-refractivity contribution in [1.82, 2.24) is 4.90 Å². The highest BCUT2D eigenvalue weighted by Crippen LogP contribution is 2.28. The lowest BCUT2D eigenvalue weighted by Crippen LogP contribution is -2.44. The third-order valence-electron chi connectivity index (χ3n) is 2.41. The highest BCUT2D eigenvalue weighted by atomic mass is 35.5. The van der Waals surface area contributed by atoms with Crippen LogP contribution in [0.4, 0.5) is 0 Å². The van der Waals surface area contributed by atoms with Crippen molar-refractivity contribution in [2.24, 2.45) is 0 Å². The van der Waals surface area contributed by atoms with Crippen molar-refractivity contribution >= 4 is 29.3 Å². The fourth-order valence-electron chi connectivity index (χ4n) is 1.74. The summed E-state index contributed by atoms with van der Waals surface area (Å²) in [5, 5.41) is 0. The van der Waals surface area contributed by atoms with E-state index in [9.17, 15) is 4.79 Å². The van der Waals surface area contributed by atoms with Crippen molar-refractivity contribution < 1.29 is 9.53 Å². The van der Waals surface area contributed by atoms with Crippen molar-refractivity contribution in [3.63, 3.8) is 0 Å². The maximum absolute atomic E-state index is 11.6. The minimum atomic E-state index is -0.509. The number of nitrogens with zero attached hydrogens (tertiary/aromatic N) is 1. The van der Waals surface area contributed by atoms with E-state index in [1.165, 1.54) is 0 Å². The Labute approximate surface area is 100 Å². The molecule has 0 bridgehead atoms. The number of hydrogen-bond donors (Lipinski definition) is 0. The predicted octanol–water partition coefficient (Wildman–Crippen LogP) is 1.94. The summed E-state index contributed by atoms with van der Waals surface area (Å²) in [6.07, 6.45) is 0.136. The first-order valence-electron chi connectivity index (χ1n) is 5.13. The highest BCUT2D eigenvalue weighted by Gasteiger charge is 2.41. The van der Waals surface area contributed by atoms with Crippen molar-refractivity contribution in [1.29, 1.82) is 0 Å². The number of ether oxygens (including phenoxy) is 1. The molecule has 5 heteroatoms. The molecular formula is C10H18ClNO2S. The molecule has 0 aromatic heterocycles. The van der Waals surface area contributed by atoms with Crippen molar-refractivity contribution in [3.8, 4) is 0 Å². The molecule has 1 rings (SSSR count). The lowest BCUT2D eigenvalue weighted by Gasteiger charge is -2.29. The van der Waals surface area contributed by atoms with Gasteiger partial charge in [-0.1, -0.05) is 6.92 Å². The Balaban J connectivity index is 2.56. The molecule has 1 unspecified atom stereocenters. The van der Waals surface area contributed by atoms with Crippen molar-refractivity contribution in [2.75, 3.05) is 23.9 Å². The zero-order valence-electron chi connectivity index (χ0n) is 9.46. The van der Waals surface area contributed by atoms with E-state index in [1.807, 2.05) is 25.6 Å². The zero-order chi connectivity index (χ0) is 11.5. The van der Waals surface area contributed by atoms with Gasteiger partial charge in [-0.3, -0.25) is 4.79 Å². The summed E-state index contributed by atoms with van der Waals surface area (Å²) >= 11 is 7.39. The highest BCUT2D eigenvalue weighted by molar-refractivity contribution is 7.99. The van der Waals surface area contributed by atoms with Crippen LogP contribution in [0, 0.1) is 0 Å². The zero-order valence-corrected chi connectivity index (χ0v) is 11.0. The van der Waals surface area contributed by atoms with Gasteiger partial charge in [0.2, 0.25) is 5.91 Å². The van der Waals surface area contributed by atoms with Crippen LogP contribution in [0.25, 0.3) is 0 Å². The van der Waals surface area contributed by atoms with Gasteiger partial charge >= 0.3 is 0 Å². The first kappa shape index (κ1) is 13.1. The smallest absolute Gasteiger partial charge is 0.239 e. The molecule has 3 nitrogen and oxygen atoms in total. The lowest BCUT2D eigenvalue weighted by atomic mass is 10.2. The van der Waals surface area contributed by atoms with E-state index in [2.05, 4.69) is 6.92 Å². The number of amides is 1. The van der Waals surface area contributed by atoms with Crippen molar-refractivity contribution in [3.05, 3.63) is 0 Å². The summed E-state index contributed by atoms with van der Waals surface area (Å²) in [5.41, 5.74) is -0.509. The maximum Gasteiger partial charge on any atom is 0.239 e. The van der Waals surface area contributed by atoms with Crippen LogP contribution in [0.1, 0.15) is 20.8 Å². The van der Waals surface area contributed by atoms with Crippen LogP contribution in [0.5, 0.6) is 0 Å². The Hall–Kier alpha value is 0.0700. The second kappa shape index (κ2) is 5.41. The molecule has 0 spiro atoms. The van der Waals surface area contributed by atoms with Crippen LogP contribution in [0.3, 0.4) is 0 Å². The second-order valence-electron chi connectivity index (χ2n) is 3.98. The van der Waals surface area contributed by atoms with Crippen LogP contribution in [0.2, 0.25) is 0 Å². The standard InChI is InChI=1S/C10H18ClNO2S/c1-4-15-7-8-6-12(9(13)5-11)10(2,3)14-8/h8H,4-7H2,1-3H3. The van der Waals surface area contributed by atoms with E-state index < -0.39 is 5.72 Å². The van der Waals surface area contributed by atoms with Crippen LogP contribution in [0.15, 0.2) is 0 Å². The Morgan fingerprint density at radius 3 is 2.87 bits per heavy atom. The van der Waals surface area contributed by atoms with E-state index >= 15 is 0 Å². The number of halogens is 1. The Kier molecular flexibility index (Phi) is 4.74. The summed E-state index contributed by atoms with van der Waals surface area (Å²) in [6, 6.07) is 0. The summed E-state index contributed by atoms with van der Waals surface area (Å²) < 4.78 is 5.81. The molecule has 0 aliphatic carbocycles. The minimum Gasteiger partial charge on any atom is -0.350 e. The number of alkyl halides is 1. The first-order valence-corrected chi connectivity index (χ1v) is 6.82. The molecule has 88 valence electrons. The fraction of sp³-hybridized carbons (Fsp3) is 0.900. The van der Waals surface area contributed by atoms with Gasteiger partial charge in [0.25, 0.3) is 0 Å². The molecule has 1 saturated heterocycles. The monoisotopic (exact) mass is 251 g/mol. The van der Waals surface area contributed by atoms with Crippen LogP contribution >= 0.6 is 23.4 Å². The van der Waals surface area contributed by atoms with Gasteiger partial charge in [0, 0.05) is 5.75 Å². The lowest BCUT2D eigenvalue weighted by molar-refractivity contribution is -0.142. The molecule has 0 N–H and O–H groups in total. The molecule has 1 fully saturated rings. The number of thioether (sulfide) groups is 1. The molecule has 15 heavy (non-hydrogen) atoms. The number of carbonyl (C=O) groups is 1. The van der Waals surface area contributed by atoms with Crippen LogP contribution in [-0.4, -0.2) is 46.6 Å². The van der Waals surface area contributed by atoms with Gasteiger partial charge in [-0.05, 0) is 19.6 Å². The number of hydrogen-bond acceptors (Lipinski definition) is 3. The number of carbonyl (C=O) groups excluding carboxylic acids is 1. The van der Waals surface area contributed by atoms with Crippen LogP contribution in [-0.2, 0) is 9.53 Å². The molecule has 0 saturated carbocycles. The molecule has 0 aromatic rings. The average molecular weight is 252 g/mol. The largest absolute Gasteiger partial charge is 0.350 e. The molecule has 0 aromatic carbocycles. The van der Waals surface area contributed by atoms with E-state index in [0.717, 1.165) is 11.5 Å². The molecule has 0 radical (unpaired) electrons. The van der Waals surface area contributed by atoms with Gasteiger partial charge in [-0.15, -0.1) is 11.6 Å².